The minimum atomic E-state index is -0.204. The summed E-state index contributed by atoms with van der Waals surface area (Å²) in [6, 6.07) is 1.98. The second-order valence-corrected chi connectivity index (χ2v) is 6.72. The molecule has 1 spiro atoms. The van der Waals surface area contributed by atoms with E-state index in [4.69, 9.17) is 9.47 Å². The van der Waals surface area contributed by atoms with E-state index < -0.39 is 0 Å². The van der Waals surface area contributed by atoms with Crippen LogP contribution in [0.2, 0.25) is 0 Å². The highest BCUT2D eigenvalue weighted by Crippen LogP contribution is 2.39. The molecule has 22 heavy (non-hydrogen) atoms. The van der Waals surface area contributed by atoms with E-state index >= 15 is 0 Å². The van der Waals surface area contributed by atoms with Gasteiger partial charge in [0.2, 0.25) is 0 Å². The van der Waals surface area contributed by atoms with Gasteiger partial charge in [-0.15, -0.1) is 0 Å². The molecule has 6 heteroatoms. The van der Waals surface area contributed by atoms with Crippen LogP contribution in [0.25, 0.3) is 0 Å². The topological polar surface area (TPSA) is 56.6 Å². The van der Waals surface area contributed by atoms with Crippen molar-refractivity contribution in [3.8, 4) is 0 Å². The van der Waals surface area contributed by atoms with Crippen molar-refractivity contribution in [2.24, 2.45) is 7.05 Å². The average Bonchev–Trinajstić information content (AvgIpc) is 3.30. The lowest BCUT2D eigenvalue weighted by Crippen LogP contribution is -2.56. The number of carbonyl (C=O) groups is 1. The monoisotopic (exact) mass is 305 g/mol. The van der Waals surface area contributed by atoms with Crippen molar-refractivity contribution in [2.45, 2.75) is 37.2 Å². The molecule has 1 aliphatic carbocycles. The fourth-order valence-electron chi connectivity index (χ4n) is 3.49. The van der Waals surface area contributed by atoms with Crippen LogP contribution in [0, 0.1) is 0 Å². The number of hydrogen-bond acceptors (Lipinski definition) is 4. The molecular formula is C16H23N3O3. The Labute approximate surface area is 130 Å². The molecular weight excluding hydrogens is 282 g/mol. The Morgan fingerprint density at radius 3 is 2.82 bits per heavy atom. The van der Waals surface area contributed by atoms with Crippen molar-refractivity contribution in [3.05, 3.63) is 17.5 Å². The fourth-order valence-corrected chi connectivity index (χ4v) is 3.49. The Hall–Kier alpha value is -1.40. The largest absolute Gasteiger partial charge is 0.381 e. The Balaban J connectivity index is 1.51. The van der Waals surface area contributed by atoms with Crippen LogP contribution in [0.4, 0.5) is 0 Å². The summed E-state index contributed by atoms with van der Waals surface area (Å²) in [5.74, 6) is 0.648. The van der Waals surface area contributed by atoms with Crippen LogP contribution in [-0.2, 0) is 16.5 Å². The van der Waals surface area contributed by atoms with Crippen molar-refractivity contribution < 1.29 is 14.3 Å². The van der Waals surface area contributed by atoms with Gasteiger partial charge in [0.25, 0.3) is 5.91 Å². The van der Waals surface area contributed by atoms with Gasteiger partial charge in [0.05, 0.1) is 24.4 Å². The van der Waals surface area contributed by atoms with Gasteiger partial charge in [0, 0.05) is 45.6 Å². The van der Waals surface area contributed by atoms with Crippen LogP contribution in [0.15, 0.2) is 6.07 Å². The highest BCUT2D eigenvalue weighted by molar-refractivity contribution is 5.92. The van der Waals surface area contributed by atoms with Crippen molar-refractivity contribution in [3.63, 3.8) is 0 Å². The van der Waals surface area contributed by atoms with Crippen LogP contribution in [-0.4, -0.2) is 59.1 Å². The summed E-state index contributed by atoms with van der Waals surface area (Å²) < 4.78 is 13.2. The average molecular weight is 305 g/mol. The molecule has 1 saturated carbocycles. The zero-order valence-corrected chi connectivity index (χ0v) is 13.1. The second kappa shape index (κ2) is 5.35. The van der Waals surface area contributed by atoms with E-state index in [1.54, 1.807) is 4.68 Å². The highest BCUT2D eigenvalue weighted by Gasteiger charge is 2.40. The Bertz CT molecular complexity index is 568. The lowest BCUT2D eigenvalue weighted by Gasteiger charge is -2.44. The molecule has 1 aromatic heterocycles. The standard InChI is InChI=1S/C16H23N3O3/c1-18-14(10-13(17-18)12-2-3-12)15(20)19-6-9-22-16(11-19)4-7-21-8-5-16/h10,12H,2-9,11H2,1H3. The van der Waals surface area contributed by atoms with E-state index in [2.05, 4.69) is 5.10 Å². The molecule has 2 aliphatic heterocycles. The number of hydrogen-bond donors (Lipinski definition) is 0. The molecule has 0 bridgehead atoms. The van der Waals surface area contributed by atoms with Crippen molar-refractivity contribution >= 4 is 5.91 Å². The molecule has 3 fully saturated rings. The van der Waals surface area contributed by atoms with E-state index in [9.17, 15) is 4.79 Å². The molecule has 3 heterocycles. The zero-order valence-electron chi connectivity index (χ0n) is 13.1. The smallest absolute Gasteiger partial charge is 0.272 e. The quantitative estimate of drug-likeness (QED) is 0.827. The van der Waals surface area contributed by atoms with Crippen molar-refractivity contribution in [1.82, 2.24) is 14.7 Å². The Morgan fingerprint density at radius 2 is 2.09 bits per heavy atom. The SMILES string of the molecule is Cn1nc(C2CC2)cc1C(=O)N1CCOC2(CCOCC2)C1. The maximum Gasteiger partial charge on any atom is 0.272 e. The summed E-state index contributed by atoms with van der Waals surface area (Å²) in [6.45, 7) is 3.38. The van der Waals surface area contributed by atoms with Gasteiger partial charge < -0.3 is 14.4 Å². The predicted octanol–water partition coefficient (Wildman–Crippen LogP) is 1.32. The Kier molecular flexibility index (Phi) is 3.46. The van der Waals surface area contributed by atoms with Crippen LogP contribution in [0.5, 0.6) is 0 Å². The van der Waals surface area contributed by atoms with Gasteiger partial charge >= 0.3 is 0 Å². The summed E-state index contributed by atoms with van der Waals surface area (Å²) in [5.41, 5.74) is 1.57. The van der Waals surface area contributed by atoms with Gasteiger partial charge in [-0.05, 0) is 18.9 Å². The molecule has 1 amide bonds. The van der Waals surface area contributed by atoms with Crippen LogP contribution >= 0.6 is 0 Å². The lowest BCUT2D eigenvalue weighted by molar-refractivity contribution is -0.146. The van der Waals surface area contributed by atoms with Gasteiger partial charge in [0.15, 0.2) is 0 Å². The van der Waals surface area contributed by atoms with Crippen molar-refractivity contribution in [2.75, 3.05) is 32.9 Å². The maximum absolute atomic E-state index is 12.9. The van der Waals surface area contributed by atoms with Crippen LogP contribution < -0.4 is 0 Å². The predicted molar refractivity (Wildman–Crippen MR) is 79.8 cm³/mol. The summed E-state index contributed by atoms with van der Waals surface area (Å²) in [4.78, 5) is 14.8. The third-order valence-corrected chi connectivity index (χ3v) is 5.05. The summed E-state index contributed by atoms with van der Waals surface area (Å²) >= 11 is 0. The van der Waals surface area contributed by atoms with E-state index in [0.717, 1.165) is 31.7 Å². The van der Waals surface area contributed by atoms with Gasteiger partial charge in [-0.2, -0.15) is 5.10 Å². The first-order chi connectivity index (χ1) is 10.7. The molecule has 0 unspecified atom stereocenters. The number of carbonyl (C=O) groups excluding carboxylic acids is 1. The summed E-state index contributed by atoms with van der Waals surface area (Å²) in [5, 5.41) is 4.51. The minimum Gasteiger partial charge on any atom is -0.381 e. The molecule has 0 radical (unpaired) electrons. The summed E-state index contributed by atoms with van der Waals surface area (Å²) in [7, 11) is 1.86. The number of ether oxygens (including phenoxy) is 2. The van der Waals surface area contributed by atoms with E-state index in [1.807, 2.05) is 18.0 Å². The molecule has 0 atom stereocenters. The van der Waals surface area contributed by atoms with Crippen LogP contribution in [0.1, 0.15) is 47.8 Å². The van der Waals surface area contributed by atoms with E-state index in [-0.39, 0.29) is 11.5 Å². The molecule has 1 aromatic rings. The van der Waals surface area contributed by atoms with Gasteiger partial charge in [-0.1, -0.05) is 0 Å². The van der Waals surface area contributed by atoms with E-state index in [1.165, 1.54) is 12.8 Å². The molecule has 4 rings (SSSR count). The first-order valence-corrected chi connectivity index (χ1v) is 8.22. The van der Waals surface area contributed by atoms with Crippen LogP contribution in [0.3, 0.4) is 0 Å². The van der Waals surface area contributed by atoms with Gasteiger partial charge in [-0.25, -0.2) is 0 Å². The maximum atomic E-state index is 12.9. The zero-order chi connectivity index (χ0) is 15.2. The van der Waals surface area contributed by atoms with Gasteiger partial charge in [0.1, 0.15) is 5.69 Å². The number of nitrogens with zero attached hydrogens (tertiary/aromatic N) is 3. The number of aryl methyl sites for hydroxylation is 1. The highest BCUT2D eigenvalue weighted by atomic mass is 16.5. The number of amides is 1. The molecule has 120 valence electrons. The first kappa shape index (κ1) is 14.2. The molecule has 0 aromatic carbocycles. The number of aromatic nitrogens is 2. The third kappa shape index (κ3) is 2.54. The molecule has 0 N–H and O–H groups in total. The normalized spacial score (nSPS) is 24.7. The number of rotatable bonds is 2. The fraction of sp³-hybridized carbons (Fsp3) is 0.750. The second-order valence-electron chi connectivity index (χ2n) is 6.72. The Morgan fingerprint density at radius 1 is 1.32 bits per heavy atom. The first-order valence-electron chi connectivity index (χ1n) is 8.22. The third-order valence-electron chi connectivity index (χ3n) is 5.05. The summed E-state index contributed by atoms with van der Waals surface area (Å²) in [6.07, 6.45) is 4.14. The lowest BCUT2D eigenvalue weighted by atomic mass is 9.92. The van der Waals surface area contributed by atoms with E-state index in [0.29, 0.717) is 31.3 Å². The molecule has 6 nitrogen and oxygen atoms in total. The number of morpholine rings is 1. The molecule has 2 saturated heterocycles. The van der Waals surface area contributed by atoms with Gasteiger partial charge in [-0.3, -0.25) is 9.48 Å². The molecule has 3 aliphatic rings. The minimum absolute atomic E-state index is 0.0797. The van der Waals surface area contributed by atoms with Crippen molar-refractivity contribution in [1.29, 1.82) is 0 Å².